The van der Waals surface area contributed by atoms with Crippen molar-refractivity contribution in [1.29, 1.82) is 0 Å². The number of anilines is 1. The topological polar surface area (TPSA) is 104 Å². The highest BCUT2D eigenvalue weighted by Crippen LogP contribution is 2.26. The van der Waals surface area contributed by atoms with Crippen LogP contribution in [0.1, 0.15) is 26.8 Å². The van der Waals surface area contributed by atoms with Crippen LogP contribution in [0.15, 0.2) is 41.7 Å². The van der Waals surface area contributed by atoms with Gasteiger partial charge in [0.05, 0.1) is 11.4 Å². The van der Waals surface area contributed by atoms with Crippen LogP contribution in [-0.2, 0) is 4.79 Å². The number of rotatable bonds is 6. The van der Waals surface area contributed by atoms with Crippen molar-refractivity contribution < 1.29 is 9.18 Å². The molecule has 0 radical (unpaired) electrons. The van der Waals surface area contributed by atoms with E-state index < -0.39 is 5.25 Å². The molecular weight excluding hydrogens is 369 g/mol. The first-order chi connectivity index (χ1) is 12.9. The van der Waals surface area contributed by atoms with Gasteiger partial charge in [-0.05, 0) is 32.9 Å². The molecule has 0 fully saturated rings. The zero-order valence-corrected chi connectivity index (χ0v) is 15.9. The molecule has 0 aliphatic carbocycles. The van der Waals surface area contributed by atoms with Gasteiger partial charge in [0, 0.05) is 17.7 Å². The van der Waals surface area contributed by atoms with Gasteiger partial charge in [-0.2, -0.15) is 5.10 Å². The Kier molecular flexibility index (Phi) is 5.45. The van der Waals surface area contributed by atoms with Gasteiger partial charge in [-0.1, -0.05) is 23.9 Å². The van der Waals surface area contributed by atoms with Crippen LogP contribution in [0.4, 0.5) is 10.2 Å². The van der Waals surface area contributed by atoms with E-state index in [1.165, 1.54) is 16.8 Å². The molecule has 0 saturated carbocycles. The average molecular weight is 389 g/mol. The molecule has 3 N–H and O–H groups in total. The van der Waals surface area contributed by atoms with Gasteiger partial charge in [0.15, 0.2) is 5.82 Å². The number of hydrogen-bond donors (Lipinski definition) is 2. The second kappa shape index (κ2) is 7.78. The van der Waals surface area contributed by atoms with E-state index in [2.05, 4.69) is 20.6 Å². The Bertz CT molecular complexity index is 952. The maximum atomic E-state index is 13.4. The first-order valence-electron chi connectivity index (χ1n) is 8.34. The van der Waals surface area contributed by atoms with Crippen LogP contribution in [0.2, 0.25) is 0 Å². The second-order valence-corrected chi connectivity index (χ2v) is 7.50. The van der Waals surface area contributed by atoms with Crippen LogP contribution < -0.4 is 11.2 Å². The summed E-state index contributed by atoms with van der Waals surface area (Å²) in [5.74, 6) is 6.38. The number of aromatic nitrogens is 5. The third-order valence-corrected chi connectivity index (χ3v) is 4.87. The van der Waals surface area contributed by atoms with Crippen LogP contribution in [0.5, 0.6) is 0 Å². The smallest absolute Gasteiger partial charge is 0.238 e. The Labute approximate surface area is 159 Å². The number of benzene rings is 1. The fourth-order valence-electron chi connectivity index (χ4n) is 2.45. The quantitative estimate of drug-likeness (QED) is 0.496. The van der Waals surface area contributed by atoms with Gasteiger partial charge in [-0.15, -0.1) is 10.2 Å². The molecule has 0 aliphatic rings. The monoisotopic (exact) mass is 389 g/mol. The SMILES string of the molecule is CC(C)n1nccc1NC(=O)[C@H](C)Sc1nnc(-c2cccc(F)c2)n1N. The van der Waals surface area contributed by atoms with Crippen molar-refractivity contribution in [3.05, 3.63) is 42.3 Å². The summed E-state index contributed by atoms with van der Waals surface area (Å²) in [5, 5.41) is 14.9. The highest BCUT2D eigenvalue weighted by atomic mass is 32.2. The average Bonchev–Trinajstić information content (AvgIpc) is 3.22. The molecule has 3 aromatic rings. The minimum absolute atomic E-state index is 0.124. The van der Waals surface area contributed by atoms with Crippen LogP contribution in [0.25, 0.3) is 11.4 Å². The minimum atomic E-state index is -0.479. The Hall–Kier alpha value is -2.88. The Balaban J connectivity index is 1.72. The van der Waals surface area contributed by atoms with E-state index in [1.54, 1.807) is 36.0 Å². The molecule has 1 atom stereocenters. The summed E-state index contributed by atoms with van der Waals surface area (Å²) in [6, 6.07) is 7.78. The van der Waals surface area contributed by atoms with Crippen LogP contribution in [0, 0.1) is 5.82 Å². The van der Waals surface area contributed by atoms with Crippen molar-refractivity contribution in [1.82, 2.24) is 24.7 Å². The molecule has 2 heterocycles. The highest BCUT2D eigenvalue weighted by molar-refractivity contribution is 8.00. The van der Waals surface area contributed by atoms with Crippen LogP contribution in [0.3, 0.4) is 0 Å². The number of nitrogens with one attached hydrogen (secondary N) is 1. The molecule has 142 valence electrons. The summed E-state index contributed by atoms with van der Waals surface area (Å²) in [6.45, 7) is 5.70. The van der Waals surface area contributed by atoms with E-state index in [0.717, 1.165) is 11.8 Å². The highest BCUT2D eigenvalue weighted by Gasteiger charge is 2.21. The third kappa shape index (κ3) is 4.11. The second-order valence-electron chi connectivity index (χ2n) is 6.19. The molecule has 1 amide bonds. The Morgan fingerprint density at radius 3 is 2.74 bits per heavy atom. The van der Waals surface area contributed by atoms with E-state index in [9.17, 15) is 9.18 Å². The largest absolute Gasteiger partial charge is 0.335 e. The standard InChI is InChI=1S/C17H20FN7OS/c1-10(2)25-14(7-8-20-25)21-16(26)11(3)27-17-23-22-15(24(17)19)12-5-4-6-13(18)9-12/h4-11H,19H2,1-3H3,(H,21,26)/t11-/m0/s1. The fourth-order valence-corrected chi connectivity index (χ4v) is 3.22. The van der Waals surface area contributed by atoms with E-state index >= 15 is 0 Å². The lowest BCUT2D eigenvalue weighted by Crippen LogP contribution is -2.25. The number of carbonyl (C=O) groups is 1. The van der Waals surface area contributed by atoms with E-state index in [0.29, 0.717) is 22.4 Å². The minimum Gasteiger partial charge on any atom is -0.335 e. The normalized spacial score (nSPS) is 12.3. The first-order valence-corrected chi connectivity index (χ1v) is 9.22. The number of thioether (sulfide) groups is 1. The van der Waals surface area contributed by atoms with Gasteiger partial charge in [0.25, 0.3) is 0 Å². The maximum Gasteiger partial charge on any atom is 0.238 e. The molecule has 0 unspecified atom stereocenters. The van der Waals surface area contributed by atoms with Gasteiger partial charge < -0.3 is 11.2 Å². The van der Waals surface area contributed by atoms with E-state index in [1.807, 2.05) is 13.8 Å². The van der Waals surface area contributed by atoms with Crippen molar-refractivity contribution in [2.75, 3.05) is 11.2 Å². The fraction of sp³-hybridized carbons (Fsp3) is 0.294. The lowest BCUT2D eigenvalue weighted by Gasteiger charge is -2.14. The van der Waals surface area contributed by atoms with Gasteiger partial charge >= 0.3 is 0 Å². The zero-order chi connectivity index (χ0) is 19.6. The summed E-state index contributed by atoms with van der Waals surface area (Å²) in [5.41, 5.74) is 0.509. The number of nitrogens with two attached hydrogens (primary N) is 1. The summed E-state index contributed by atoms with van der Waals surface area (Å²) in [4.78, 5) is 12.5. The molecule has 0 aliphatic heterocycles. The van der Waals surface area contributed by atoms with Crippen LogP contribution in [-0.4, -0.2) is 35.8 Å². The molecule has 10 heteroatoms. The van der Waals surface area contributed by atoms with Crippen molar-refractivity contribution in [3.8, 4) is 11.4 Å². The number of nitrogen functional groups attached to an aromatic ring is 1. The molecule has 8 nitrogen and oxygen atoms in total. The number of hydrogen-bond acceptors (Lipinski definition) is 6. The lowest BCUT2D eigenvalue weighted by molar-refractivity contribution is -0.115. The van der Waals surface area contributed by atoms with Gasteiger partial charge in [0.2, 0.25) is 11.1 Å². The van der Waals surface area contributed by atoms with E-state index in [4.69, 9.17) is 5.84 Å². The molecule has 27 heavy (non-hydrogen) atoms. The number of halogens is 1. The van der Waals surface area contributed by atoms with Crippen molar-refractivity contribution in [2.24, 2.45) is 0 Å². The first kappa shape index (κ1) is 18.9. The molecule has 0 saturated heterocycles. The molecule has 2 aromatic heterocycles. The summed E-state index contributed by atoms with van der Waals surface area (Å²) >= 11 is 1.16. The van der Waals surface area contributed by atoms with Crippen LogP contribution >= 0.6 is 11.8 Å². The zero-order valence-electron chi connectivity index (χ0n) is 15.1. The summed E-state index contributed by atoms with van der Waals surface area (Å²) in [7, 11) is 0. The number of carbonyl (C=O) groups excluding carboxylic acids is 1. The Morgan fingerprint density at radius 1 is 1.26 bits per heavy atom. The van der Waals surface area contributed by atoms with Crippen molar-refractivity contribution in [2.45, 2.75) is 37.2 Å². The summed E-state index contributed by atoms with van der Waals surface area (Å²) in [6.07, 6.45) is 1.63. The molecule has 1 aromatic carbocycles. The number of nitrogens with zero attached hydrogens (tertiary/aromatic N) is 5. The predicted octanol–water partition coefficient (Wildman–Crippen LogP) is 2.69. The van der Waals surface area contributed by atoms with Gasteiger partial charge in [-0.25, -0.2) is 13.7 Å². The van der Waals surface area contributed by atoms with Gasteiger partial charge in [-0.3, -0.25) is 4.79 Å². The van der Waals surface area contributed by atoms with E-state index in [-0.39, 0.29) is 17.8 Å². The summed E-state index contributed by atoms with van der Waals surface area (Å²) < 4.78 is 16.4. The molecular formula is C17H20FN7OS. The molecule has 0 spiro atoms. The van der Waals surface area contributed by atoms with Gasteiger partial charge in [0.1, 0.15) is 11.6 Å². The van der Waals surface area contributed by atoms with Crippen molar-refractivity contribution >= 4 is 23.5 Å². The Morgan fingerprint density at radius 2 is 2.04 bits per heavy atom. The molecule has 0 bridgehead atoms. The predicted molar refractivity (Wildman–Crippen MR) is 102 cm³/mol. The lowest BCUT2D eigenvalue weighted by atomic mass is 10.2. The van der Waals surface area contributed by atoms with Crippen molar-refractivity contribution in [3.63, 3.8) is 0 Å². The molecule has 3 rings (SSSR count). The number of amides is 1. The third-order valence-electron chi connectivity index (χ3n) is 3.81. The maximum absolute atomic E-state index is 13.4.